The lowest BCUT2D eigenvalue weighted by Gasteiger charge is -2.11. The molecule has 2 aromatic rings. The monoisotopic (exact) mass is 298 g/mol. The van der Waals surface area contributed by atoms with Crippen LogP contribution in [-0.2, 0) is 6.54 Å². The van der Waals surface area contributed by atoms with Crippen LogP contribution in [0.3, 0.4) is 0 Å². The summed E-state index contributed by atoms with van der Waals surface area (Å²) in [4.78, 5) is 15.8. The van der Waals surface area contributed by atoms with Crippen molar-refractivity contribution in [1.29, 1.82) is 0 Å². The lowest BCUT2D eigenvalue weighted by molar-refractivity contribution is 0.0697. The molecule has 2 rings (SSSR count). The molecule has 0 unspecified atom stereocenters. The highest BCUT2D eigenvalue weighted by atomic mass is 35.5. The summed E-state index contributed by atoms with van der Waals surface area (Å²) in [6.45, 7) is 0.504. The van der Waals surface area contributed by atoms with E-state index in [-0.39, 0.29) is 5.56 Å². The molecular weight excluding hydrogens is 288 g/mol. The quantitative estimate of drug-likeness (QED) is 0.887. The minimum Gasteiger partial charge on any atom is -0.495 e. The van der Waals surface area contributed by atoms with E-state index in [1.807, 2.05) is 0 Å². The van der Waals surface area contributed by atoms with Gasteiger partial charge in [-0.3, -0.25) is 0 Å². The third-order valence-electron chi connectivity index (χ3n) is 2.42. The van der Waals surface area contributed by atoms with Crippen molar-refractivity contribution in [2.75, 3.05) is 12.4 Å². The third-order valence-corrected chi connectivity index (χ3v) is 3.54. The van der Waals surface area contributed by atoms with Gasteiger partial charge in [-0.1, -0.05) is 11.6 Å². The zero-order valence-electron chi connectivity index (χ0n) is 10.0. The van der Waals surface area contributed by atoms with E-state index >= 15 is 0 Å². The molecule has 7 heteroatoms. The minimum absolute atomic E-state index is 0.200. The maximum absolute atomic E-state index is 10.9. The molecule has 1 aromatic heterocycles. The SMILES string of the molecule is COc1ccc(C(=O)O)cc1NCc1cnc(Cl)s1. The second-order valence-corrected chi connectivity index (χ2v) is 5.35. The molecule has 0 atom stereocenters. The van der Waals surface area contributed by atoms with Crippen molar-refractivity contribution < 1.29 is 14.6 Å². The zero-order chi connectivity index (χ0) is 13.8. The van der Waals surface area contributed by atoms with E-state index in [0.717, 1.165) is 4.88 Å². The smallest absolute Gasteiger partial charge is 0.335 e. The average Bonchev–Trinajstić information content (AvgIpc) is 2.81. The Balaban J connectivity index is 2.17. The number of carboxylic acid groups (broad SMARTS) is 1. The number of nitrogens with one attached hydrogen (secondary N) is 1. The van der Waals surface area contributed by atoms with Crippen LogP contribution in [0.5, 0.6) is 5.75 Å². The van der Waals surface area contributed by atoms with Crippen molar-refractivity contribution >= 4 is 34.6 Å². The molecular formula is C12H11ClN2O3S. The van der Waals surface area contributed by atoms with Gasteiger partial charge in [-0.25, -0.2) is 9.78 Å². The van der Waals surface area contributed by atoms with Crippen molar-refractivity contribution in [2.45, 2.75) is 6.54 Å². The molecule has 0 radical (unpaired) electrons. The number of hydrogen-bond donors (Lipinski definition) is 2. The fraction of sp³-hybridized carbons (Fsp3) is 0.167. The summed E-state index contributed by atoms with van der Waals surface area (Å²) in [5.74, 6) is -0.396. The first-order chi connectivity index (χ1) is 9.10. The van der Waals surface area contributed by atoms with Crippen LogP contribution in [0.4, 0.5) is 5.69 Å². The molecule has 0 aliphatic heterocycles. The van der Waals surface area contributed by atoms with Gasteiger partial charge in [0.1, 0.15) is 5.75 Å². The summed E-state index contributed by atoms with van der Waals surface area (Å²) in [5.41, 5.74) is 0.817. The number of halogens is 1. The van der Waals surface area contributed by atoms with E-state index in [1.54, 1.807) is 12.3 Å². The predicted molar refractivity (Wildman–Crippen MR) is 74.4 cm³/mol. The summed E-state index contributed by atoms with van der Waals surface area (Å²) >= 11 is 7.11. The molecule has 2 N–H and O–H groups in total. The lowest BCUT2D eigenvalue weighted by atomic mass is 10.2. The lowest BCUT2D eigenvalue weighted by Crippen LogP contribution is -2.03. The van der Waals surface area contributed by atoms with Crippen LogP contribution in [0.2, 0.25) is 4.47 Å². The maximum Gasteiger partial charge on any atom is 0.335 e. The van der Waals surface area contributed by atoms with Crippen LogP contribution in [0.15, 0.2) is 24.4 Å². The van der Waals surface area contributed by atoms with Crippen molar-refractivity contribution in [3.63, 3.8) is 0 Å². The zero-order valence-corrected chi connectivity index (χ0v) is 11.6. The number of anilines is 1. The number of aromatic carboxylic acids is 1. The molecule has 0 spiro atoms. The highest BCUT2D eigenvalue weighted by molar-refractivity contribution is 7.15. The largest absolute Gasteiger partial charge is 0.495 e. The summed E-state index contributed by atoms with van der Waals surface area (Å²) < 4.78 is 5.66. The summed E-state index contributed by atoms with van der Waals surface area (Å²) in [7, 11) is 1.53. The van der Waals surface area contributed by atoms with Gasteiger partial charge in [0.25, 0.3) is 0 Å². The van der Waals surface area contributed by atoms with E-state index in [9.17, 15) is 4.79 Å². The molecule has 0 saturated carbocycles. The number of carboxylic acids is 1. The van der Waals surface area contributed by atoms with Gasteiger partial charge < -0.3 is 15.2 Å². The normalized spacial score (nSPS) is 10.2. The first-order valence-electron chi connectivity index (χ1n) is 5.35. The van der Waals surface area contributed by atoms with Gasteiger partial charge in [0.05, 0.1) is 24.9 Å². The Morgan fingerprint density at radius 1 is 1.58 bits per heavy atom. The highest BCUT2D eigenvalue weighted by Crippen LogP contribution is 2.27. The maximum atomic E-state index is 10.9. The van der Waals surface area contributed by atoms with Crippen molar-refractivity contribution in [1.82, 2.24) is 4.98 Å². The molecule has 0 saturated heterocycles. The number of thiazole rings is 1. The van der Waals surface area contributed by atoms with Crippen LogP contribution in [0.25, 0.3) is 0 Å². The highest BCUT2D eigenvalue weighted by Gasteiger charge is 2.09. The first-order valence-corrected chi connectivity index (χ1v) is 6.55. The van der Waals surface area contributed by atoms with Crippen LogP contribution < -0.4 is 10.1 Å². The van der Waals surface area contributed by atoms with E-state index in [1.165, 1.54) is 30.6 Å². The standard InChI is InChI=1S/C12H11ClN2O3S/c1-18-10-3-2-7(11(16)17)4-9(10)14-5-8-6-15-12(13)19-8/h2-4,6,14H,5H2,1H3,(H,16,17). The summed E-state index contributed by atoms with van der Waals surface area (Å²) in [5, 5.41) is 12.1. The van der Waals surface area contributed by atoms with E-state index in [4.69, 9.17) is 21.4 Å². The Bertz CT molecular complexity index is 600. The van der Waals surface area contributed by atoms with Gasteiger partial charge in [-0.2, -0.15) is 0 Å². The number of rotatable bonds is 5. The second-order valence-electron chi connectivity index (χ2n) is 3.65. The van der Waals surface area contributed by atoms with Gasteiger partial charge in [0.15, 0.2) is 4.47 Å². The predicted octanol–water partition coefficient (Wildman–Crippen LogP) is 3.12. The van der Waals surface area contributed by atoms with E-state index in [0.29, 0.717) is 22.4 Å². The molecule has 0 aliphatic carbocycles. The molecule has 1 aromatic carbocycles. The first kappa shape index (κ1) is 13.6. The molecule has 5 nitrogen and oxygen atoms in total. The molecule has 0 amide bonds. The Kier molecular flexibility index (Phi) is 4.24. The van der Waals surface area contributed by atoms with E-state index in [2.05, 4.69) is 10.3 Å². The number of nitrogens with zero attached hydrogens (tertiary/aromatic N) is 1. The third kappa shape index (κ3) is 3.36. The van der Waals surface area contributed by atoms with Gasteiger partial charge in [-0.05, 0) is 18.2 Å². The second kappa shape index (κ2) is 5.90. The Morgan fingerprint density at radius 2 is 2.37 bits per heavy atom. The number of methoxy groups -OCH3 is 1. The Labute approximate surface area is 118 Å². The fourth-order valence-electron chi connectivity index (χ4n) is 1.53. The van der Waals surface area contributed by atoms with Gasteiger partial charge in [0, 0.05) is 11.1 Å². The molecule has 19 heavy (non-hydrogen) atoms. The summed E-state index contributed by atoms with van der Waals surface area (Å²) in [6, 6.07) is 4.64. The number of benzene rings is 1. The number of ether oxygens (including phenoxy) is 1. The van der Waals surface area contributed by atoms with Crippen LogP contribution >= 0.6 is 22.9 Å². The van der Waals surface area contributed by atoms with Crippen LogP contribution in [-0.4, -0.2) is 23.2 Å². The Morgan fingerprint density at radius 3 is 2.95 bits per heavy atom. The van der Waals surface area contributed by atoms with Crippen molar-refractivity contribution in [2.24, 2.45) is 0 Å². The summed E-state index contributed by atoms with van der Waals surface area (Å²) in [6.07, 6.45) is 1.67. The molecule has 0 fully saturated rings. The average molecular weight is 299 g/mol. The fourth-order valence-corrected chi connectivity index (χ4v) is 2.44. The van der Waals surface area contributed by atoms with Crippen LogP contribution in [0.1, 0.15) is 15.2 Å². The molecule has 100 valence electrons. The topological polar surface area (TPSA) is 71.5 Å². The molecule has 1 heterocycles. The van der Waals surface area contributed by atoms with Crippen LogP contribution in [0, 0.1) is 0 Å². The van der Waals surface area contributed by atoms with Gasteiger partial charge >= 0.3 is 5.97 Å². The molecule has 0 bridgehead atoms. The minimum atomic E-state index is -0.980. The number of aromatic nitrogens is 1. The Hall–Kier alpha value is -1.79. The number of hydrogen-bond acceptors (Lipinski definition) is 5. The molecule has 0 aliphatic rings. The van der Waals surface area contributed by atoms with E-state index < -0.39 is 5.97 Å². The number of carbonyl (C=O) groups is 1. The van der Waals surface area contributed by atoms with Crippen molar-refractivity contribution in [3.05, 3.63) is 39.3 Å². The van der Waals surface area contributed by atoms with Gasteiger partial charge in [0.2, 0.25) is 0 Å². The van der Waals surface area contributed by atoms with Crippen molar-refractivity contribution in [3.8, 4) is 5.75 Å². The van der Waals surface area contributed by atoms with Gasteiger partial charge in [-0.15, -0.1) is 11.3 Å².